The SMILES string of the molecule is O=C(Nc1ccc(N2CCN(c3ccccc3F)CC2)cn1)c1cccnc1. The fourth-order valence-corrected chi connectivity index (χ4v) is 3.25. The third-order valence-electron chi connectivity index (χ3n) is 4.75. The molecule has 0 aliphatic carbocycles. The topological polar surface area (TPSA) is 61.4 Å². The summed E-state index contributed by atoms with van der Waals surface area (Å²) in [6.45, 7) is 3.02. The summed E-state index contributed by atoms with van der Waals surface area (Å²) in [5.41, 5.74) is 2.11. The Balaban J connectivity index is 1.36. The molecule has 0 spiro atoms. The van der Waals surface area contributed by atoms with E-state index in [9.17, 15) is 9.18 Å². The van der Waals surface area contributed by atoms with Crippen LogP contribution in [0.5, 0.6) is 0 Å². The van der Waals surface area contributed by atoms with E-state index in [1.165, 1.54) is 12.3 Å². The number of carbonyl (C=O) groups is 1. The highest BCUT2D eigenvalue weighted by atomic mass is 19.1. The van der Waals surface area contributed by atoms with Crippen LogP contribution in [0.2, 0.25) is 0 Å². The van der Waals surface area contributed by atoms with Gasteiger partial charge in [0.15, 0.2) is 0 Å². The lowest BCUT2D eigenvalue weighted by Gasteiger charge is -2.37. The number of nitrogens with one attached hydrogen (secondary N) is 1. The molecular weight excluding hydrogens is 357 g/mol. The van der Waals surface area contributed by atoms with Gasteiger partial charge in [0, 0.05) is 38.6 Å². The van der Waals surface area contributed by atoms with Gasteiger partial charge in [0.05, 0.1) is 23.1 Å². The number of carbonyl (C=O) groups excluding carboxylic acids is 1. The van der Waals surface area contributed by atoms with Crippen LogP contribution in [-0.4, -0.2) is 42.1 Å². The fraction of sp³-hybridized carbons (Fsp3) is 0.190. The van der Waals surface area contributed by atoms with Gasteiger partial charge in [-0.15, -0.1) is 0 Å². The van der Waals surface area contributed by atoms with Gasteiger partial charge in [0.25, 0.3) is 5.91 Å². The molecule has 1 aromatic carbocycles. The number of hydrogen-bond acceptors (Lipinski definition) is 5. The predicted molar refractivity (Wildman–Crippen MR) is 107 cm³/mol. The number of amides is 1. The molecule has 7 heteroatoms. The van der Waals surface area contributed by atoms with Crippen molar-refractivity contribution in [2.75, 3.05) is 41.3 Å². The highest BCUT2D eigenvalue weighted by Gasteiger charge is 2.19. The lowest BCUT2D eigenvalue weighted by molar-refractivity contribution is 0.102. The largest absolute Gasteiger partial charge is 0.367 e. The molecule has 0 bridgehead atoms. The van der Waals surface area contributed by atoms with Crippen molar-refractivity contribution in [1.82, 2.24) is 9.97 Å². The van der Waals surface area contributed by atoms with Crippen LogP contribution in [0.15, 0.2) is 67.1 Å². The molecule has 0 radical (unpaired) electrons. The summed E-state index contributed by atoms with van der Waals surface area (Å²) in [5.74, 6) is 0.0563. The van der Waals surface area contributed by atoms with Gasteiger partial charge >= 0.3 is 0 Å². The summed E-state index contributed by atoms with van der Waals surface area (Å²) in [6.07, 6.45) is 4.88. The van der Waals surface area contributed by atoms with Crippen LogP contribution in [0, 0.1) is 5.82 Å². The van der Waals surface area contributed by atoms with Crippen molar-refractivity contribution in [2.24, 2.45) is 0 Å². The molecule has 4 rings (SSSR count). The molecule has 1 fully saturated rings. The molecular formula is C21H20FN5O. The molecule has 0 saturated carbocycles. The van der Waals surface area contributed by atoms with Crippen molar-refractivity contribution in [1.29, 1.82) is 0 Å². The van der Waals surface area contributed by atoms with Crippen LogP contribution in [0.4, 0.5) is 21.6 Å². The molecule has 1 aliphatic heterocycles. The third-order valence-corrected chi connectivity index (χ3v) is 4.75. The molecule has 142 valence electrons. The number of nitrogens with zero attached hydrogens (tertiary/aromatic N) is 4. The maximum absolute atomic E-state index is 14.0. The standard InChI is InChI=1S/C21H20FN5O/c22-18-5-1-2-6-19(18)27-12-10-26(11-13-27)17-7-8-20(24-15-17)25-21(28)16-4-3-9-23-14-16/h1-9,14-15H,10-13H2,(H,24,25,28). The number of anilines is 3. The van der Waals surface area contributed by atoms with Crippen LogP contribution in [0.3, 0.4) is 0 Å². The molecule has 3 aromatic rings. The Hall–Kier alpha value is -3.48. The summed E-state index contributed by atoms with van der Waals surface area (Å²) in [4.78, 5) is 24.7. The minimum absolute atomic E-state index is 0.189. The molecule has 1 saturated heterocycles. The minimum Gasteiger partial charge on any atom is -0.367 e. The molecule has 0 atom stereocenters. The number of benzene rings is 1. The zero-order valence-corrected chi connectivity index (χ0v) is 15.3. The predicted octanol–water partition coefficient (Wildman–Crippen LogP) is 3.19. The molecule has 0 unspecified atom stereocenters. The van der Waals surface area contributed by atoms with Gasteiger partial charge in [-0.05, 0) is 36.4 Å². The van der Waals surface area contributed by atoms with Gasteiger partial charge in [-0.1, -0.05) is 12.1 Å². The van der Waals surface area contributed by atoms with Gasteiger partial charge < -0.3 is 15.1 Å². The summed E-state index contributed by atoms with van der Waals surface area (Å²) < 4.78 is 14.0. The Bertz CT molecular complexity index is 941. The Morgan fingerprint density at radius 3 is 2.39 bits per heavy atom. The summed E-state index contributed by atoms with van der Waals surface area (Å²) in [6, 6.07) is 14.0. The van der Waals surface area contributed by atoms with Gasteiger partial charge in [-0.3, -0.25) is 9.78 Å². The number of rotatable bonds is 4. The fourth-order valence-electron chi connectivity index (χ4n) is 3.25. The van der Waals surface area contributed by atoms with Gasteiger partial charge in [0.2, 0.25) is 0 Å². The van der Waals surface area contributed by atoms with Crippen molar-refractivity contribution >= 4 is 23.1 Å². The Kier molecular flexibility index (Phi) is 5.14. The summed E-state index contributed by atoms with van der Waals surface area (Å²) >= 11 is 0. The number of piperazine rings is 1. The van der Waals surface area contributed by atoms with E-state index in [-0.39, 0.29) is 11.7 Å². The van der Waals surface area contributed by atoms with E-state index in [2.05, 4.69) is 25.1 Å². The van der Waals surface area contributed by atoms with Gasteiger partial charge in [-0.25, -0.2) is 9.37 Å². The first-order chi connectivity index (χ1) is 13.7. The Labute approximate surface area is 162 Å². The Morgan fingerprint density at radius 2 is 1.71 bits per heavy atom. The Morgan fingerprint density at radius 1 is 0.929 bits per heavy atom. The number of aromatic nitrogens is 2. The third kappa shape index (κ3) is 3.93. The smallest absolute Gasteiger partial charge is 0.258 e. The summed E-state index contributed by atoms with van der Waals surface area (Å²) in [5, 5.41) is 2.76. The molecule has 2 aromatic heterocycles. The molecule has 6 nitrogen and oxygen atoms in total. The highest BCUT2D eigenvalue weighted by molar-refractivity contribution is 6.03. The maximum Gasteiger partial charge on any atom is 0.258 e. The average molecular weight is 377 g/mol. The van der Waals surface area contributed by atoms with Crippen LogP contribution in [-0.2, 0) is 0 Å². The zero-order valence-electron chi connectivity index (χ0n) is 15.3. The second-order valence-corrected chi connectivity index (χ2v) is 6.52. The average Bonchev–Trinajstić information content (AvgIpc) is 2.75. The molecule has 1 N–H and O–H groups in total. The number of pyridine rings is 2. The second-order valence-electron chi connectivity index (χ2n) is 6.52. The first-order valence-corrected chi connectivity index (χ1v) is 9.12. The van der Waals surface area contributed by atoms with E-state index in [1.54, 1.807) is 36.7 Å². The minimum atomic E-state index is -0.244. The number of halogens is 1. The number of para-hydroxylation sites is 1. The monoisotopic (exact) mass is 377 g/mol. The van der Waals surface area contributed by atoms with Crippen LogP contribution >= 0.6 is 0 Å². The molecule has 28 heavy (non-hydrogen) atoms. The van der Waals surface area contributed by atoms with Crippen LogP contribution in [0.25, 0.3) is 0 Å². The molecule has 1 amide bonds. The van der Waals surface area contributed by atoms with Crippen LogP contribution < -0.4 is 15.1 Å². The van der Waals surface area contributed by atoms with Gasteiger partial charge in [0.1, 0.15) is 11.6 Å². The van der Waals surface area contributed by atoms with E-state index >= 15 is 0 Å². The van der Waals surface area contributed by atoms with E-state index < -0.39 is 0 Å². The van der Waals surface area contributed by atoms with Crippen molar-refractivity contribution < 1.29 is 9.18 Å². The normalized spacial score (nSPS) is 14.0. The van der Waals surface area contributed by atoms with Gasteiger partial charge in [-0.2, -0.15) is 0 Å². The first kappa shape index (κ1) is 17.9. The van der Waals surface area contributed by atoms with Crippen molar-refractivity contribution in [3.05, 3.63) is 78.5 Å². The molecule has 3 heterocycles. The van der Waals surface area contributed by atoms with E-state index in [1.807, 2.05) is 18.2 Å². The number of hydrogen-bond donors (Lipinski definition) is 1. The summed E-state index contributed by atoms with van der Waals surface area (Å²) in [7, 11) is 0. The van der Waals surface area contributed by atoms with Crippen LogP contribution in [0.1, 0.15) is 10.4 Å². The second kappa shape index (κ2) is 8.04. The van der Waals surface area contributed by atoms with E-state index in [0.717, 1.165) is 31.9 Å². The lowest BCUT2D eigenvalue weighted by atomic mass is 10.2. The molecule has 1 aliphatic rings. The van der Waals surface area contributed by atoms with E-state index in [4.69, 9.17) is 0 Å². The maximum atomic E-state index is 14.0. The zero-order chi connectivity index (χ0) is 19.3. The quantitative estimate of drug-likeness (QED) is 0.757. The van der Waals surface area contributed by atoms with Crippen molar-refractivity contribution in [3.8, 4) is 0 Å². The first-order valence-electron chi connectivity index (χ1n) is 9.12. The van der Waals surface area contributed by atoms with Crippen molar-refractivity contribution in [2.45, 2.75) is 0 Å². The van der Waals surface area contributed by atoms with Crippen molar-refractivity contribution in [3.63, 3.8) is 0 Å². The van der Waals surface area contributed by atoms with E-state index in [0.29, 0.717) is 17.1 Å². The highest BCUT2D eigenvalue weighted by Crippen LogP contribution is 2.23. The lowest BCUT2D eigenvalue weighted by Crippen LogP contribution is -2.46.